The van der Waals surface area contributed by atoms with E-state index < -0.39 is 41.2 Å². The lowest BCUT2D eigenvalue weighted by Crippen LogP contribution is -2.15. The summed E-state index contributed by atoms with van der Waals surface area (Å²) in [5, 5.41) is 8.51. The molecule has 0 atom stereocenters. The molecule has 0 saturated heterocycles. The lowest BCUT2D eigenvalue weighted by Gasteiger charge is -2.12. The summed E-state index contributed by atoms with van der Waals surface area (Å²) in [6.07, 6.45) is -8.28. The van der Waals surface area contributed by atoms with Crippen LogP contribution in [0, 0.1) is 0 Å². The van der Waals surface area contributed by atoms with Gasteiger partial charge in [0.15, 0.2) is 0 Å². The smallest absolute Gasteiger partial charge is 0.419 e. The van der Waals surface area contributed by atoms with Gasteiger partial charge in [0.05, 0.1) is 11.1 Å². The Morgan fingerprint density at radius 3 is 2.29 bits per heavy atom. The molecule has 0 saturated carbocycles. The third-order valence-corrected chi connectivity index (χ3v) is 1.82. The van der Waals surface area contributed by atoms with Gasteiger partial charge < -0.3 is 10.8 Å². The van der Waals surface area contributed by atoms with Gasteiger partial charge in [-0.3, -0.25) is 0 Å². The number of rotatable bonds is 2. The maximum atomic E-state index is 12.3. The number of pyridine rings is 1. The van der Waals surface area contributed by atoms with Gasteiger partial charge in [-0.2, -0.15) is 13.2 Å². The van der Waals surface area contributed by atoms with Crippen LogP contribution >= 0.6 is 0 Å². The highest BCUT2D eigenvalue weighted by atomic mass is 19.4. The van der Waals surface area contributed by atoms with E-state index in [0.29, 0.717) is 0 Å². The molecule has 0 aliphatic heterocycles. The highest BCUT2D eigenvalue weighted by molar-refractivity contribution is 5.89. The Morgan fingerprint density at radius 2 is 1.94 bits per heavy atom. The molecule has 1 aromatic heterocycles. The number of aromatic carboxylic acids is 1. The molecule has 1 aromatic rings. The molecule has 0 unspecified atom stereocenters. The van der Waals surface area contributed by atoms with Gasteiger partial charge in [-0.1, -0.05) is 0 Å². The Morgan fingerprint density at radius 1 is 1.41 bits per heavy atom. The predicted octanol–water partition coefficient (Wildman–Crippen LogP) is 2.32. The number of hydrogen-bond donors (Lipinski definition) is 2. The first-order valence-electron chi connectivity index (χ1n) is 4.03. The van der Waals surface area contributed by atoms with Crippen molar-refractivity contribution in [1.82, 2.24) is 4.98 Å². The molecule has 0 bridgehead atoms. The first kappa shape index (κ1) is 13.1. The van der Waals surface area contributed by atoms with Gasteiger partial charge in [0, 0.05) is 0 Å². The number of carboxylic acids is 1. The molecule has 0 fully saturated rings. The maximum absolute atomic E-state index is 12.3. The lowest BCUT2D eigenvalue weighted by molar-refractivity contribution is -0.137. The molecule has 0 radical (unpaired) electrons. The van der Waals surface area contributed by atoms with Crippen LogP contribution in [0.5, 0.6) is 0 Å². The molecule has 0 aliphatic carbocycles. The minimum atomic E-state index is -4.96. The molecule has 1 rings (SSSR count). The van der Waals surface area contributed by atoms with Crippen molar-refractivity contribution >= 4 is 11.8 Å². The van der Waals surface area contributed by atoms with Crippen LogP contribution in [0.25, 0.3) is 0 Å². The number of aromatic nitrogens is 1. The van der Waals surface area contributed by atoms with Crippen molar-refractivity contribution in [2.45, 2.75) is 12.6 Å². The van der Waals surface area contributed by atoms with Crippen LogP contribution in [-0.2, 0) is 6.18 Å². The van der Waals surface area contributed by atoms with E-state index in [9.17, 15) is 26.7 Å². The quantitative estimate of drug-likeness (QED) is 0.796. The van der Waals surface area contributed by atoms with E-state index >= 15 is 0 Å². The normalized spacial score (nSPS) is 11.9. The predicted molar refractivity (Wildman–Crippen MR) is 45.6 cm³/mol. The van der Waals surface area contributed by atoms with E-state index in [1.54, 1.807) is 0 Å². The van der Waals surface area contributed by atoms with Crippen molar-refractivity contribution in [3.63, 3.8) is 0 Å². The van der Waals surface area contributed by atoms with Crippen LogP contribution in [0.3, 0.4) is 0 Å². The Labute approximate surface area is 90.9 Å². The summed E-state index contributed by atoms with van der Waals surface area (Å²) in [6.45, 7) is 0. The van der Waals surface area contributed by atoms with E-state index in [1.807, 2.05) is 0 Å². The number of alkyl halides is 5. The Hall–Kier alpha value is -1.93. The summed E-state index contributed by atoms with van der Waals surface area (Å²) in [7, 11) is 0. The SMILES string of the molecule is Nc1nc(C(F)F)c(C(=O)O)cc1C(F)(F)F. The topological polar surface area (TPSA) is 76.2 Å². The zero-order valence-electron chi connectivity index (χ0n) is 7.92. The minimum absolute atomic E-state index is 0.0478. The van der Waals surface area contributed by atoms with Crippen molar-refractivity contribution in [3.05, 3.63) is 22.9 Å². The first-order valence-corrected chi connectivity index (χ1v) is 4.03. The summed E-state index contributed by atoms with van der Waals surface area (Å²) in [6, 6.07) is 0.0478. The second-order valence-electron chi connectivity index (χ2n) is 2.96. The molecule has 9 heteroatoms. The summed E-state index contributed by atoms with van der Waals surface area (Å²) < 4.78 is 61.6. The standard InChI is InChI=1S/C8H5F5N2O2/c9-5(10)4-2(7(16)17)1-3(6(14)15-4)8(11,12)13/h1,5H,(H2,14,15)(H,16,17). The number of carboxylic acid groups (broad SMARTS) is 1. The molecule has 3 N–H and O–H groups in total. The summed E-state index contributed by atoms with van der Waals surface area (Å²) in [4.78, 5) is 13.3. The van der Waals surface area contributed by atoms with Crippen LogP contribution < -0.4 is 5.73 Å². The van der Waals surface area contributed by atoms with Gasteiger partial charge in [-0.25, -0.2) is 18.6 Å². The Kier molecular flexibility index (Phi) is 3.21. The summed E-state index contributed by atoms with van der Waals surface area (Å²) >= 11 is 0. The molecule has 1 heterocycles. The Bertz CT molecular complexity index is 458. The molecule has 0 aliphatic rings. The zero-order valence-corrected chi connectivity index (χ0v) is 7.92. The van der Waals surface area contributed by atoms with Crippen LogP contribution in [-0.4, -0.2) is 16.1 Å². The summed E-state index contributed by atoms with van der Waals surface area (Å²) in [5.74, 6) is -3.11. The number of anilines is 1. The van der Waals surface area contributed by atoms with Crippen molar-refractivity contribution in [3.8, 4) is 0 Å². The van der Waals surface area contributed by atoms with Gasteiger partial charge in [0.25, 0.3) is 6.43 Å². The highest BCUT2D eigenvalue weighted by Gasteiger charge is 2.36. The molecule has 0 aromatic carbocycles. The van der Waals surface area contributed by atoms with E-state index in [-0.39, 0.29) is 6.07 Å². The van der Waals surface area contributed by atoms with Crippen molar-refractivity contribution < 1.29 is 31.9 Å². The van der Waals surface area contributed by atoms with Gasteiger partial charge in [0.1, 0.15) is 11.5 Å². The number of nitrogens with two attached hydrogens (primary N) is 1. The van der Waals surface area contributed by atoms with Gasteiger partial charge in [0.2, 0.25) is 0 Å². The zero-order chi connectivity index (χ0) is 13.4. The number of hydrogen-bond acceptors (Lipinski definition) is 3. The van der Waals surface area contributed by atoms with Gasteiger partial charge in [-0.15, -0.1) is 0 Å². The minimum Gasteiger partial charge on any atom is -0.478 e. The van der Waals surface area contributed by atoms with Crippen LogP contribution in [0.15, 0.2) is 6.07 Å². The van der Waals surface area contributed by atoms with Crippen LogP contribution in [0.4, 0.5) is 27.8 Å². The molecule has 0 amide bonds. The average Bonchev–Trinajstić information content (AvgIpc) is 2.14. The fourth-order valence-corrected chi connectivity index (χ4v) is 1.11. The van der Waals surface area contributed by atoms with E-state index in [2.05, 4.69) is 4.98 Å². The number of halogens is 5. The van der Waals surface area contributed by atoms with Gasteiger partial charge in [-0.05, 0) is 6.07 Å². The largest absolute Gasteiger partial charge is 0.478 e. The molecule has 94 valence electrons. The van der Waals surface area contributed by atoms with Crippen molar-refractivity contribution in [1.29, 1.82) is 0 Å². The van der Waals surface area contributed by atoms with Crippen LogP contribution in [0.2, 0.25) is 0 Å². The Balaban J connectivity index is 3.51. The summed E-state index contributed by atoms with van der Waals surface area (Å²) in [5.41, 5.74) is 0.791. The number of nitrogen functional groups attached to an aromatic ring is 1. The average molecular weight is 256 g/mol. The fraction of sp³-hybridized carbons (Fsp3) is 0.250. The number of carbonyl (C=O) groups is 1. The molecular weight excluding hydrogens is 251 g/mol. The fourth-order valence-electron chi connectivity index (χ4n) is 1.11. The molecule has 4 nitrogen and oxygen atoms in total. The number of nitrogens with zero attached hydrogens (tertiary/aromatic N) is 1. The van der Waals surface area contributed by atoms with Gasteiger partial charge >= 0.3 is 12.1 Å². The lowest BCUT2D eigenvalue weighted by atomic mass is 10.1. The van der Waals surface area contributed by atoms with Crippen LogP contribution in [0.1, 0.15) is 28.0 Å². The monoisotopic (exact) mass is 256 g/mol. The van der Waals surface area contributed by atoms with Crippen molar-refractivity contribution in [2.75, 3.05) is 5.73 Å². The van der Waals surface area contributed by atoms with E-state index in [0.717, 1.165) is 0 Å². The molecule has 17 heavy (non-hydrogen) atoms. The molecule has 0 spiro atoms. The highest BCUT2D eigenvalue weighted by Crippen LogP contribution is 2.35. The third-order valence-electron chi connectivity index (χ3n) is 1.82. The first-order chi connectivity index (χ1) is 7.64. The van der Waals surface area contributed by atoms with E-state index in [1.165, 1.54) is 0 Å². The van der Waals surface area contributed by atoms with Crippen molar-refractivity contribution in [2.24, 2.45) is 0 Å². The second kappa shape index (κ2) is 4.15. The second-order valence-corrected chi connectivity index (χ2v) is 2.96. The van der Waals surface area contributed by atoms with E-state index in [4.69, 9.17) is 10.8 Å². The third kappa shape index (κ3) is 2.60. The molecular formula is C8H5F5N2O2. The maximum Gasteiger partial charge on any atom is 0.419 e.